The quantitative estimate of drug-likeness (QED) is 0.786. The average molecular weight is 339 g/mol. The van der Waals surface area contributed by atoms with E-state index >= 15 is 0 Å². The number of fused-ring (bicyclic) bond motifs is 2. The van der Waals surface area contributed by atoms with Crippen LogP contribution in [0.4, 0.5) is 13.2 Å². The standard InChI is InChI=1S/C16H16F3N3O2/c1-7-5-21-14(24)11-9(6-20-12(7)11)13(23)22-10-4-15(16(17,18)19)2-8(10)3-15/h5-6,8,10,20H,2-4H2,1H3,(H,21,24)(H,22,23). The first kappa shape index (κ1) is 15.3. The van der Waals surface area contributed by atoms with Crippen molar-refractivity contribution in [3.8, 4) is 0 Å². The zero-order valence-corrected chi connectivity index (χ0v) is 12.9. The van der Waals surface area contributed by atoms with Gasteiger partial charge in [-0.3, -0.25) is 9.59 Å². The van der Waals surface area contributed by atoms with E-state index in [1.54, 1.807) is 13.1 Å². The van der Waals surface area contributed by atoms with Crippen LogP contribution in [0, 0.1) is 18.3 Å². The highest BCUT2D eigenvalue weighted by atomic mass is 19.4. The third-order valence-electron chi connectivity index (χ3n) is 5.57. The molecule has 5 rings (SSSR count). The van der Waals surface area contributed by atoms with Crippen LogP contribution in [0.2, 0.25) is 0 Å². The van der Waals surface area contributed by atoms with E-state index in [-0.39, 0.29) is 36.1 Å². The van der Waals surface area contributed by atoms with E-state index in [0.717, 1.165) is 5.56 Å². The smallest absolute Gasteiger partial charge is 0.360 e. The fourth-order valence-electron chi connectivity index (χ4n) is 4.21. The first-order valence-electron chi connectivity index (χ1n) is 7.79. The Morgan fingerprint density at radius 2 is 1.96 bits per heavy atom. The number of carbonyl (C=O) groups excluding carboxylic acids is 1. The molecule has 0 aromatic carbocycles. The maximum atomic E-state index is 13.1. The van der Waals surface area contributed by atoms with Gasteiger partial charge in [-0.25, -0.2) is 0 Å². The Morgan fingerprint density at radius 3 is 2.58 bits per heavy atom. The van der Waals surface area contributed by atoms with Crippen LogP contribution in [0.5, 0.6) is 0 Å². The zero-order valence-electron chi connectivity index (χ0n) is 12.9. The van der Waals surface area contributed by atoms with Crippen molar-refractivity contribution in [2.75, 3.05) is 0 Å². The summed E-state index contributed by atoms with van der Waals surface area (Å²) in [5.41, 5.74) is -0.525. The van der Waals surface area contributed by atoms with Gasteiger partial charge in [0.25, 0.3) is 11.5 Å². The van der Waals surface area contributed by atoms with Gasteiger partial charge in [0.15, 0.2) is 0 Å². The van der Waals surface area contributed by atoms with Crippen molar-refractivity contribution < 1.29 is 18.0 Å². The van der Waals surface area contributed by atoms with E-state index in [9.17, 15) is 22.8 Å². The highest BCUT2D eigenvalue weighted by Gasteiger charge is 2.69. The van der Waals surface area contributed by atoms with Gasteiger partial charge in [-0.2, -0.15) is 13.2 Å². The molecular weight excluding hydrogens is 323 g/mol. The van der Waals surface area contributed by atoms with Gasteiger partial charge in [0.05, 0.1) is 21.9 Å². The van der Waals surface area contributed by atoms with Gasteiger partial charge in [0.1, 0.15) is 0 Å². The molecule has 1 atom stereocenters. The Kier molecular flexibility index (Phi) is 2.96. The van der Waals surface area contributed by atoms with Crippen molar-refractivity contribution in [1.29, 1.82) is 0 Å². The molecule has 128 valence electrons. The van der Waals surface area contributed by atoms with Crippen LogP contribution < -0.4 is 10.9 Å². The van der Waals surface area contributed by atoms with Gasteiger partial charge in [0.2, 0.25) is 0 Å². The maximum Gasteiger partial charge on any atom is 0.394 e. The number of H-pyrrole nitrogens is 2. The number of hydrogen-bond donors (Lipinski definition) is 3. The molecule has 2 heterocycles. The first-order chi connectivity index (χ1) is 11.2. The molecule has 5 nitrogen and oxygen atoms in total. The van der Waals surface area contributed by atoms with E-state index in [0.29, 0.717) is 5.52 Å². The normalized spacial score (nSPS) is 28.8. The van der Waals surface area contributed by atoms with E-state index in [1.165, 1.54) is 6.20 Å². The Balaban J connectivity index is 1.59. The predicted molar refractivity (Wildman–Crippen MR) is 80.7 cm³/mol. The van der Waals surface area contributed by atoms with Crippen molar-refractivity contribution in [1.82, 2.24) is 15.3 Å². The highest BCUT2D eigenvalue weighted by Crippen LogP contribution is 2.65. The molecule has 1 amide bonds. The number of nitrogens with one attached hydrogen (secondary N) is 3. The van der Waals surface area contributed by atoms with Crippen LogP contribution in [0.25, 0.3) is 10.9 Å². The molecule has 3 saturated carbocycles. The van der Waals surface area contributed by atoms with Gasteiger partial charge in [-0.15, -0.1) is 0 Å². The van der Waals surface area contributed by atoms with Gasteiger partial charge in [0, 0.05) is 18.4 Å². The first-order valence-corrected chi connectivity index (χ1v) is 7.79. The monoisotopic (exact) mass is 339 g/mol. The predicted octanol–water partition coefficient (Wildman–Crippen LogP) is 2.63. The van der Waals surface area contributed by atoms with E-state index in [1.807, 2.05) is 0 Å². The number of pyridine rings is 1. The van der Waals surface area contributed by atoms with Crippen molar-refractivity contribution in [2.24, 2.45) is 11.3 Å². The lowest BCUT2D eigenvalue weighted by molar-refractivity contribution is -0.244. The van der Waals surface area contributed by atoms with Crippen LogP contribution in [-0.2, 0) is 0 Å². The Hall–Kier alpha value is -2.25. The van der Waals surface area contributed by atoms with Crippen LogP contribution in [0.1, 0.15) is 35.2 Å². The number of carbonyl (C=O) groups is 1. The molecule has 2 bridgehead atoms. The Labute approximate surface area is 134 Å². The van der Waals surface area contributed by atoms with Crippen LogP contribution in [-0.4, -0.2) is 28.1 Å². The molecule has 0 saturated heterocycles. The number of alkyl halides is 3. The number of hydrogen-bond acceptors (Lipinski definition) is 2. The largest absolute Gasteiger partial charge is 0.394 e. The van der Waals surface area contributed by atoms with Crippen molar-refractivity contribution in [3.05, 3.63) is 33.9 Å². The number of amides is 1. The van der Waals surface area contributed by atoms with Crippen LogP contribution in [0.3, 0.4) is 0 Å². The molecule has 8 heteroatoms. The third kappa shape index (κ3) is 1.94. The van der Waals surface area contributed by atoms with Gasteiger partial charge < -0.3 is 15.3 Å². The zero-order chi connectivity index (χ0) is 17.3. The maximum absolute atomic E-state index is 13.1. The van der Waals surface area contributed by atoms with Gasteiger partial charge >= 0.3 is 6.18 Å². The van der Waals surface area contributed by atoms with E-state index < -0.39 is 29.1 Å². The fraction of sp³-hybridized carbons (Fsp3) is 0.500. The minimum Gasteiger partial charge on any atom is -0.360 e. The van der Waals surface area contributed by atoms with Gasteiger partial charge in [-0.05, 0) is 37.7 Å². The second-order valence-corrected chi connectivity index (χ2v) is 6.98. The van der Waals surface area contributed by atoms with E-state index in [2.05, 4.69) is 15.3 Å². The fourth-order valence-corrected chi connectivity index (χ4v) is 4.21. The molecule has 2 aromatic heterocycles. The molecule has 0 spiro atoms. The number of halogens is 3. The molecule has 3 N–H and O–H groups in total. The number of aromatic amines is 2. The lowest BCUT2D eigenvalue weighted by Crippen LogP contribution is -2.42. The van der Waals surface area contributed by atoms with Crippen LogP contribution in [0.15, 0.2) is 17.2 Å². The second-order valence-electron chi connectivity index (χ2n) is 6.98. The lowest BCUT2D eigenvalue weighted by atomic mass is 9.69. The summed E-state index contributed by atoms with van der Waals surface area (Å²) in [6.07, 6.45) is -1.17. The summed E-state index contributed by atoms with van der Waals surface area (Å²) < 4.78 is 39.3. The number of rotatable bonds is 2. The molecule has 3 aliphatic rings. The number of aromatic nitrogens is 2. The average Bonchev–Trinajstić information content (AvgIpc) is 3.11. The third-order valence-corrected chi connectivity index (χ3v) is 5.57. The summed E-state index contributed by atoms with van der Waals surface area (Å²) in [4.78, 5) is 29.9. The molecule has 3 fully saturated rings. The van der Waals surface area contributed by atoms with E-state index in [4.69, 9.17) is 0 Å². The molecule has 24 heavy (non-hydrogen) atoms. The molecule has 0 aliphatic heterocycles. The van der Waals surface area contributed by atoms with Crippen molar-refractivity contribution in [2.45, 2.75) is 38.4 Å². The summed E-state index contributed by atoms with van der Waals surface area (Å²) in [5, 5.41) is 2.94. The topological polar surface area (TPSA) is 77.8 Å². The molecule has 3 aliphatic carbocycles. The summed E-state index contributed by atoms with van der Waals surface area (Å²) in [6.45, 7) is 1.79. The minimum absolute atomic E-state index is 0.0784. The Bertz CT molecular complexity index is 890. The molecule has 1 unspecified atom stereocenters. The summed E-state index contributed by atoms with van der Waals surface area (Å²) in [5.74, 6) is -0.645. The highest BCUT2D eigenvalue weighted by molar-refractivity contribution is 6.07. The molecular formula is C16H16F3N3O2. The molecule has 2 aromatic rings. The minimum atomic E-state index is -4.22. The lowest BCUT2D eigenvalue weighted by Gasteiger charge is -2.39. The summed E-state index contributed by atoms with van der Waals surface area (Å²) >= 11 is 0. The van der Waals surface area contributed by atoms with Crippen molar-refractivity contribution in [3.63, 3.8) is 0 Å². The molecule has 0 radical (unpaired) electrons. The van der Waals surface area contributed by atoms with Gasteiger partial charge in [-0.1, -0.05) is 0 Å². The second kappa shape index (κ2) is 4.64. The number of aryl methyl sites for hydroxylation is 1. The summed E-state index contributed by atoms with van der Waals surface area (Å²) in [7, 11) is 0. The van der Waals surface area contributed by atoms with Crippen LogP contribution >= 0.6 is 0 Å². The Morgan fingerprint density at radius 1 is 1.25 bits per heavy atom. The summed E-state index contributed by atoms with van der Waals surface area (Å²) in [6, 6.07) is -0.493. The van der Waals surface area contributed by atoms with Crippen molar-refractivity contribution >= 4 is 16.8 Å². The SMILES string of the molecule is Cc1c[nH]c(=O)c2c(C(=O)NC3CC4(C(F)(F)F)CC3C4)c[nH]c12.